The van der Waals surface area contributed by atoms with E-state index in [-0.39, 0.29) is 17.9 Å². The number of carbonyl (C=O) groups is 2. The lowest BCUT2D eigenvalue weighted by Gasteiger charge is -2.26. The third-order valence-electron chi connectivity index (χ3n) is 4.62. The van der Waals surface area contributed by atoms with Gasteiger partial charge >= 0.3 is 5.97 Å². The molecule has 0 unspecified atom stereocenters. The molecule has 0 aliphatic carbocycles. The molecular formula is C22H21N5O4. The Kier molecular flexibility index (Phi) is 7.52. The molecule has 0 N–H and O–H groups in total. The van der Waals surface area contributed by atoms with E-state index >= 15 is 0 Å². The molecule has 1 aromatic heterocycles. The second kappa shape index (κ2) is 10.7. The number of carbonyl (C=O) groups excluding carboxylic acids is 2. The van der Waals surface area contributed by atoms with Gasteiger partial charge in [0.15, 0.2) is 6.61 Å². The summed E-state index contributed by atoms with van der Waals surface area (Å²) >= 11 is 0. The highest BCUT2D eigenvalue weighted by Crippen LogP contribution is 2.24. The van der Waals surface area contributed by atoms with E-state index in [4.69, 9.17) is 14.7 Å². The molecule has 158 valence electrons. The molecule has 0 atom stereocenters. The summed E-state index contributed by atoms with van der Waals surface area (Å²) < 4.78 is 11.9. The summed E-state index contributed by atoms with van der Waals surface area (Å²) in [7, 11) is 0. The van der Waals surface area contributed by atoms with Crippen molar-refractivity contribution < 1.29 is 19.1 Å². The molecule has 2 heterocycles. The Bertz CT molecular complexity index is 1040. The number of amides is 1. The minimum Gasteiger partial charge on any atom is -0.451 e. The number of nitriles is 2. The zero-order valence-corrected chi connectivity index (χ0v) is 16.9. The van der Waals surface area contributed by atoms with Crippen LogP contribution in [0.1, 0.15) is 12.0 Å². The van der Waals surface area contributed by atoms with Crippen LogP contribution >= 0.6 is 0 Å². The number of rotatable bonds is 7. The number of aryl methyl sites for hydroxylation is 1. The number of morpholine rings is 1. The molecule has 0 spiro atoms. The minimum absolute atomic E-state index is 0.244. The Morgan fingerprint density at radius 1 is 1.19 bits per heavy atom. The Labute approximate surface area is 179 Å². The van der Waals surface area contributed by atoms with E-state index in [1.807, 2.05) is 36.4 Å². The molecule has 1 saturated heterocycles. The summed E-state index contributed by atoms with van der Waals surface area (Å²) in [6.07, 6.45) is 3.33. The van der Waals surface area contributed by atoms with Gasteiger partial charge < -0.3 is 14.4 Å². The number of hydrogen-bond acceptors (Lipinski definition) is 7. The van der Waals surface area contributed by atoms with Crippen molar-refractivity contribution in [1.29, 1.82) is 10.5 Å². The Morgan fingerprint density at radius 2 is 1.94 bits per heavy atom. The predicted octanol–water partition coefficient (Wildman–Crippen LogP) is 1.77. The molecule has 1 aromatic carbocycles. The van der Waals surface area contributed by atoms with Crippen LogP contribution in [0.25, 0.3) is 17.3 Å². The molecule has 1 aliphatic rings. The summed E-state index contributed by atoms with van der Waals surface area (Å²) in [4.78, 5) is 26.1. The molecule has 3 rings (SSSR count). The zero-order valence-electron chi connectivity index (χ0n) is 16.9. The molecule has 1 aliphatic heterocycles. The van der Waals surface area contributed by atoms with Crippen LogP contribution in [0.5, 0.6) is 0 Å². The molecule has 2 aromatic rings. The third kappa shape index (κ3) is 5.78. The van der Waals surface area contributed by atoms with E-state index in [0.29, 0.717) is 44.1 Å². The van der Waals surface area contributed by atoms with E-state index in [2.05, 4.69) is 11.2 Å². The topological polar surface area (TPSA) is 121 Å². The van der Waals surface area contributed by atoms with E-state index in [0.717, 1.165) is 5.56 Å². The van der Waals surface area contributed by atoms with Crippen molar-refractivity contribution in [2.24, 2.45) is 0 Å². The van der Waals surface area contributed by atoms with Crippen LogP contribution in [0.2, 0.25) is 0 Å². The van der Waals surface area contributed by atoms with Crippen LogP contribution in [0.15, 0.2) is 42.1 Å². The summed E-state index contributed by atoms with van der Waals surface area (Å²) in [6, 6.07) is 13.2. The average Bonchev–Trinajstić information content (AvgIpc) is 3.23. The highest BCUT2D eigenvalue weighted by Gasteiger charge is 2.20. The van der Waals surface area contributed by atoms with Crippen molar-refractivity contribution >= 4 is 18.0 Å². The van der Waals surface area contributed by atoms with Crippen LogP contribution < -0.4 is 0 Å². The van der Waals surface area contributed by atoms with Gasteiger partial charge in [-0.2, -0.15) is 15.6 Å². The van der Waals surface area contributed by atoms with Crippen molar-refractivity contribution in [2.45, 2.75) is 13.0 Å². The van der Waals surface area contributed by atoms with E-state index in [9.17, 15) is 14.9 Å². The molecule has 1 amide bonds. The summed E-state index contributed by atoms with van der Waals surface area (Å²) in [5.74, 6) is -1.21. The fourth-order valence-electron chi connectivity index (χ4n) is 3.04. The van der Waals surface area contributed by atoms with Gasteiger partial charge in [-0.3, -0.25) is 9.48 Å². The van der Waals surface area contributed by atoms with Crippen LogP contribution in [0, 0.1) is 22.7 Å². The standard InChI is InChI=1S/C22H21N5O4/c23-7-4-8-27-15-19(21(25-27)17-5-2-1-3-6-17)13-18(14-24)22(29)31-16-20(28)26-9-11-30-12-10-26/h1-3,5-6,13,15H,4,8-12,16H2/b18-13+. The van der Waals surface area contributed by atoms with Crippen molar-refractivity contribution in [3.8, 4) is 23.4 Å². The van der Waals surface area contributed by atoms with Crippen molar-refractivity contribution in [3.63, 3.8) is 0 Å². The number of aromatic nitrogens is 2. The molecule has 9 heteroatoms. The number of benzene rings is 1. The normalized spacial score (nSPS) is 13.9. The summed E-state index contributed by atoms with van der Waals surface area (Å²) in [5, 5.41) is 22.8. The lowest BCUT2D eigenvalue weighted by molar-refractivity contribution is -0.150. The van der Waals surface area contributed by atoms with Gasteiger partial charge in [0.2, 0.25) is 0 Å². The number of esters is 1. The van der Waals surface area contributed by atoms with Gasteiger partial charge in [0.1, 0.15) is 11.6 Å². The van der Waals surface area contributed by atoms with Crippen molar-refractivity contribution in [2.75, 3.05) is 32.9 Å². The highest BCUT2D eigenvalue weighted by molar-refractivity contribution is 5.99. The minimum atomic E-state index is -0.882. The second-order valence-electron chi connectivity index (χ2n) is 6.71. The third-order valence-corrected chi connectivity index (χ3v) is 4.62. The number of ether oxygens (including phenoxy) is 2. The maximum absolute atomic E-state index is 12.4. The predicted molar refractivity (Wildman–Crippen MR) is 110 cm³/mol. The van der Waals surface area contributed by atoms with Gasteiger partial charge in [-0.1, -0.05) is 30.3 Å². The van der Waals surface area contributed by atoms with Gasteiger partial charge in [-0.15, -0.1) is 0 Å². The van der Waals surface area contributed by atoms with Crippen LogP contribution in [0.4, 0.5) is 0 Å². The first-order valence-corrected chi connectivity index (χ1v) is 9.76. The molecule has 0 bridgehead atoms. The van der Waals surface area contributed by atoms with Crippen LogP contribution in [-0.2, 0) is 25.6 Å². The fraction of sp³-hybridized carbons (Fsp3) is 0.318. The summed E-state index contributed by atoms with van der Waals surface area (Å²) in [5.41, 5.74) is 1.67. The van der Waals surface area contributed by atoms with Crippen LogP contribution in [-0.4, -0.2) is 59.5 Å². The SMILES string of the molecule is N#CCCn1cc(/C=C(\C#N)C(=O)OCC(=O)N2CCOCC2)c(-c2ccccc2)n1. The molecule has 1 fully saturated rings. The fourth-order valence-corrected chi connectivity index (χ4v) is 3.04. The van der Waals surface area contributed by atoms with Gasteiger partial charge in [0, 0.05) is 30.4 Å². The largest absolute Gasteiger partial charge is 0.451 e. The maximum atomic E-state index is 12.4. The Morgan fingerprint density at radius 3 is 2.61 bits per heavy atom. The van der Waals surface area contributed by atoms with E-state index < -0.39 is 12.6 Å². The van der Waals surface area contributed by atoms with Crippen LogP contribution in [0.3, 0.4) is 0 Å². The summed E-state index contributed by atoms with van der Waals surface area (Å²) in [6.45, 7) is 1.72. The van der Waals surface area contributed by atoms with E-state index in [1.54, 1.807) is 15.8 Å². The van der Waals surface area contributed by atoms with Gasteiger partial charge in [-0.25, -0.2) is 4.79 Å². The van der Waals surface area contributed by atoms with Gasteiger partial charge in [0.05, 0.1) is 37.9 Å². The Balaban J connectivity index is 1.78. The molecule has 9 nitrogen and oxygen atoms in total. The first-order valence-electron chi connectivity index (χ1n) is 9.76. The molecule has 31 heavy (non-hydrogen) atoms. The highest BCUT2D eigenvalue weighted by atomic mass is 16.5. The smallest absolute Gasteiger partial charge is 0.349 e. The van der Waals surface area contributed by atoms with Crippen molar-refractivity contribution in [3.05, 3.63) is 47.7 Å². The first kappa shape index (κ1) is 21.8. The monoisotopic (exact) mass is 419 g/mol. The maximum Gasteiger partial charge on any atom is 0.349 e. The average molecular weight is 419 g/mol. The van der Waals surface area contributed by atoms with Crippen molar-refractivity contribution in [1.82, 2.24) is 14.7 Å². The molecule has 0 saturated carbocycles. The molecule has 0 radical (unpaired) electrons. The quantitative estimate of drug-likeness (QED) is 0.381. The van der Waals surface area contributed by atoms with E-state index in [1.165, 1.54) is 6.08 Å². The first-order chi connectivity index (χ1) is 15.1. The second-order valence-corrected chi connectivity index (χ2v) is 6.71. The zero-order chi connectivity index (χ0) is 22.1. The van der Waals surface area contributed by atoms with Gasteiger partial charge in [0.25, 0.3) is 5.91 Å². The number of nitrogens with zero attached hydrogens (tertiary/aromatic N) is 5. The lowest BCUT2D eigenvalue weighted by atomic mass is 10.1. The lowest BCUT2D eigenvalue weighted by Crippen LogP contribution is -2.42. The van der Waals surface area contributed by atoms with Gasteiger partial charge in [-0.05, 0) is 6.08 Å². The molecular weight excluding hydrogens is 398 g/mol. The Hall–Kier alpha value is -3.95. The number of hydrogen-bond donors (Lipinski definition) is 0.